The molecule has 9 heteroatoms. The normalized spacial score (nSPS) is 13.4. The number of halogens is 3. The molecule has 3 rings (SSSR count). The Morgan fingerprint density at radius 1 is 1.29 bits per heavy atom. The van der Waals surface area contributed by atoms with Gasteiger partial charge in [-0.25, -0.2) is 4.79 Å². The topological polar surface area (TPSA) is 58.6 Å². The zero-order valence-electron chi connectivity index (χ0n) is 15.5. The minimum Gasteiger partial charge on any atom is -0.462 e. The third-order valence-electron chi connectivity index (χ3n) is 4.46. The fourth-order valence-electron chi connectivity index (χ4n) is 3.08. The Bertz CT molecular complexity index is 886. The maximum Gasteiger partial charge on any atom is 0.341 e. The van der Waals surface area contributed by atoms with E-state index in [1.807, 2.05) is 0 Å². The van der Waals surface area contributed by atoms with Gasteiger partial charge in [-0.05, 0) is 43.7 Å². The molecule has 2 heterocycles. The van der Waals surface area contributed by atoms with Crippen LogP contribution in [0.15, 0.2) is 18.2 Å². The van der Waals surface area contributed by atoms with E-state index in [1.54, 1.807) is 19.1 Å². The van der Waals surface area contributed by atoms with Crippen molar-refractivity contribution in [3.63, 3.8) is 0 Å². The highest BCUT2D eigenvalue weighted by molar-refractivity contribution is 7.17. The van der Waals surface area contributed by atoms with Gasteiger partial charge in [0, 0.05) is 23.0 Å². The number of nitrogens with one attached hydrogen (secondary N) is 1. The molecule has 0 saturated heterocycles. The van der Waals surface area contributed by atoms with Gasteiger partial charge in [-0.2, -0.15) is 0 Å². The highest BCUT2D eigenvalue weighted by Gasteiger charge is 2.29. The summed E-state index contributed by atoms with van der Waals surface area (Å²) in [5.41, 5.74) is 1.69. The number of carbonyl (C=O) groups excluding carboxylic acids is 2. The monoisotopic (exact) mass is 462 g/mol. The van der Waals surface area contributed by atoms with Crippen molar-refractivity contribution in [2.45, 2.75) is 26.8 Å². The third-order valence-corrected chi connectivity index (χ3v) is 6.16. The second-order valence-corrected chi connectivity index (χ2v) is 8.07. The average molecular weight is 464 g/mol. The number of amides is 1. The quantitative estimate of drug-likeness (QED) is 0.613. The van der Waals surface area contributed by atoms with Crippen LogP contribution in [0.3, 0.4) is 0 Å². The first-order chi connectivity index (χ1) is 12.9. The van der Waals surface area contributed by atoms with Crippen LogP contribution in [-0.4, -0.2) is 36.5 Å². The van der Waals surface area contributed by atoms with Crippen LogP contribution in [0.2, 0.25) is 10.0 Å². The molecule has 0 spiro atoms. The van der Waals surface area contributed by atoms with E-state index >= 15 is 0 Å². The standard InChI is InChI=1S/C19H20Cl2N2O3S.ClH/c1-3-23-8-7-12-15(10-23)27-18(16(12)19(25)26-4-2)22-17(24)13-9-11(20)5-6-14(13)21;/h5-6,9H,3-4,7-8,10H2,1-2H3,(H,22,24);1H. The van der Waals surface area contributed by atoms with E-state index in [4.69, 9.17) is 27.9 Å². The molecule has 0 atom stereocenters. The lowest BCUT2D eigenvalue weighted by Gasteiger charge is -2.25. The molecule has 1 amide bonds. The molecular formula is C19H21Cl3N2O3S. The Morgan fingerprint density at radius 2 is 2.04 bits per heavy atom. The molecule has 5 nitrogen and oxygen atoms in total. The third kappa shape index (κ3) is 4.81. The van der Waals surface area contributed by atoms with Crippen LogP contribution in [0.4, 0.5) is 5.00 Å². The van der Waals surface area contributed by atoms with Crippen LogP contribution in [0.25, 0.3) is 0 Å². The van der Waals surface area contributed by atoms with Crippen LogP contribution >= 0.6 is 46.9 Å². The summed E-state index contributed by atoms with van der Waals surface area (Å²) < 4.78 is 5.23. The van der Waals surface area contributed by atoms with Gasteiger partial charge in [0.1, 0.15) is 5.00 Å². The number of carbonyl (C=O) groups is 2. The predicted molar refractivity (Wildman–Crippen MR) is 117 cm³/mol. The van der Waals surface area contributed by atoms with E-state index in [0.717, 1.165) is 36.5 Å². The van der Waals surface area contributed by atoms with Gasteiger partial charge in [-0.3, -0.25) is 9.69 Å². The van der Waals surface area contributed by atoms with E-state index in [-0.39, 0.29) is 24.6 Å². The number of thiophene rings is 1. The highest BCUT2D eigenvalue weighted by atomic mass is 35.5. The molecule has 0 aliphatic carbocycles. The summed E-state index contributed by atoms with van der Waals surface area (Å²) in [5, 5.41) is 4.05. The number of anilines is 1. The summed E-state index contributed by atoms with van der Waals surface area (Å²) in [6.07, 6.45) is 0.752. The lowest BCUT2D eigenvalue weighted by Crippen LogP contribution is -2.30. The number of rotatable bonds is 5. The molecule has 1 aromatic carbocycles. The fraction of sp³-hybridized carbons (Fsp3) is 0.368. The average Bonchev–Trinajstić information content (AvgIpc) is 3.00. The second-order valence-electron chi connectivity index (χ2n) is 6.13. The van der Waals surface area contributed by atoms with Crippen molar-refractivity contribution in [1.29, 1.82) is 0 Å². The molecule has 1 aliphatic heterocycles. The number of fused-ring (bicyclic) bond motifs is 1. The molecule has 2 aromatic rings. The van der Waals surface area contributed by atoms with Gasteiger partial charge in [-0.1, -0.05) is 30.1 Å². The van der Waals surface area contributed by atoms with Gasteiger partial charge < -0.3 is 10.1 Å². The summed E-state index contributed by atoms with van der Waals surface area (Å²) >= 11 is 13.5. The Morgan fingerprint density at radius 3 is 2.71 bits per heavy atom. The Balaban J connectivity index is 0.00000280. The lowest BCUT2D eigenvalue weighted by atomic mass is 10.0. The maximum atomic E-state index is 12.7. The van der Waals surface area contributed by atoms with Crippen molar-refractivity contribution >= 4 is 63.8 Å². The summed E-state index contributed by atoms with van der Waals surface area (Å²) in [6, 6.07) is 4.70. The molecule has 0 radical (unpaired) electrons. The summed E-state index contributed by atoms with van der Waals surface area (Å²) in [7, 11) is 0. The molecule has 28 heavy (non-hydrogen) atoms. The van der Waals surface area contributed by atoms with Gasteiger partial charge >= 0.3 is 5.97 Å². The zero-order chi connectivity index (χ0) is 19.6. The molecule has 1 aromatic heterocycles. The van der Waals surface area contributed by atoms with Crippen molar-refractivity contribution in [3.05, 3.63) is 49.8 Å². The largest absolute Gasteiger partial charge is 0.462 e. The van der Waals surface area contributed by atoms with Crippen molar-refractivity contribution in [1.82, 2.24) is 4.90 Å². The van der Waals surface area contributed by atoms with E-state index in [1.165, 1.54) is 17.4 Å². The van der Waals surface area contributed by atoms with Crippen LogP contribution in [0.1, 0.15) is 45.0 Å². The SMILES string of the molecule is CCOC(=O)c1c(NC(=O)c2cc(Cl)ccc2Cl)sc2c1CCN(CC)C2.Cl. The number of nitrogens with zero attached hydrogens (tertiary/aromatic N) is 1. The van der Waals surface area contributed by atoms with E-state index < -0.39 is 11.9 Å². The molecular weight excluding hydrogens is 443 g/mol. The number of ether oxygens (including phenoxy) is 1. The summed E-state index contributed by atoms with van der Waals surface area (Å²) in [5.74, 6) is -0.813. The molecule has 1 aliphatic rings. The number of hydrogen-bond acceptors (Lipinski definition) is 5. The number of esters is 1. The van der Waals surface area contributed by atoms with Gasteiger partial charge in [0.2, 0.25) is 0 Å². The molecule has 0 saturated carbocycles. The maximum absolute atomic E-state index is 12.7. The molecule has 1 N–H and O–H groups in total. The zero-order valence-corrected chi connectivity index (χ0v) is 18.7. The van der Waals surface area contributed by atoms with Crippen LogP contribution in [0.5, 0.6) is 0 Å². The van der Waals surface area contributed by atoms with Crippen LogP contribution in [0, 0.1) is 0 Å². The van der Waals surface area contributed by atoms with Gasteiger partial charge in [0.15, 0.2) is 0 Å². The lowest BCUT2D eigenvalue weighted by molar-refractivity contribution is 0.0526. The van der Waals surface area contributed by atoms with Crippen molar-refractivity contribution in [3.8, 4) is 0 Å². The van der Waals surface area contributed by atoms with Gasteiger partial charge in [-0.15, -0.1) is 23.7 Å². The van der Waals surface area contributed by atoms with Crippen molar-refractivity contribution < 1.29 is 14.3 Å². The minimum absolute atomic E-state index is 0. The van der Waals surface area contributed by atoms with Crippen LogP contribution in [-0.2, 0) is 17.7 Å². The van der Waals surface area contributed by atoms with Crippen molar-refractivity contribution in [2.24, 2.45) is 0 Å². The van der Waals surface area contributed by atoms with E-state index in [9.17, 15) is 9.59 Å². The van der Waals surface area contributed by atoms with Gasteiger partial charge in [0.25, 0.3) is 5.91 Å². The number of likely N-dealkylation sites (N-methyl/N-ethyl adjacent to an activating group) is 1. The Kier molecular flexibility index (Phi) is 8.16. The molecule has 0 fully saturated rings. The van der Waals surface area contributed by atoms with Gasteiger partial charge in [0.05, 0.1) is 22.8 Å². The summed E-state index contributed by atoms with van der Waals surface area (Å²) in [6.45, 7) is 6.72. The Hall–Kier alpha value is -1.31. The first-order valence-corrected chi connectivity index (χ1v) is 10.3. The molecule has 0 unspecified atom stereocenters. The molecule has 152 valence electrons. The smallest absolute Gasteiger partial charge is 0.341 e. The van der Waals surface area contributed by atoms with E-state index in [2.05, 4.69) is 17.1 Å². The van der Waals surface area contributed by atoms with Crippen molar-refractivity contribution in [2.75, 3.05) is 25.0 Å². The number of benzene rings is 1. The van der Waals surface area contributed by atoms with E-state index in [0.29, 0.717) is 20.6 Å². The Labute approximate surface area is 184 Å². The second kappa shape index (κ2) is 9.94. The highest BCUT2D eigenvalue weighted by Crippen LogP contribution is 2.38. The van der Waals surface area contributed by atoms with Crippen LogP contribution < -0.4 is 5.32 Å². The minimum atomic E-state index is -0.410. The first kappa shape index (κ1) is 23.0. The number of hydrogen-bond donors (Lipinski definition) is 1. The molecule has 0 bridgehead atoms. The first-order valence-electron chi connectivity index (χ1n) is 8.75. The summed E-state index contributed by atoms with van der Waals surface area (Å²) in [4.78, 5) is 28.7. The predicted octanol–water partition coefficient (Wildman–Crippen LogP) is 5.28. The fourth-order valence-corrected chi connectivity index (χ4v) is 4.72.